The van der Waals surface area contributed by atoms with Crippen molar-refractivity contribution in [2.75, 3.05) is 11.9 Å². The number of anilines is 1. The van der Waals surface area contributed by atoms with Crippen LogP contribution in [-0.2, 0) is 4.79 Å². The third kappa shape index (κ3) is 6.54. The number of rotatable bonds is 10. The number of hydrogen-bond donors (Lipinski definition) is 1. The predicted molar refractivity (Wildman–Crippen MR) is 102 cm³/mol. The van der Waals surface area contributed by atoms with Crippen LogP contribution in [0.1, 0.15) is 43.0 Å². The number of nitrogens with zero attached hydrogens (tertiary/aromatic N) is 1. The van der Waals surface area contributed by atoms with Crippen molar-refractivity contribution >= 4 is 23.1 Å². The van der Waals surface area contributed by atoms with Crippen molar-refractivity contribution in [3.63, 3.8) is 0 Å². The molecule has 0 saturated carbocycles. The second-order valence-corrected chi connectivity index (χ2v) is 6.05. The number of nitro benzene ring substituents is 1. The van der Waals surface area contributed by atoms with Gasteiger partial charge in [0.1, 0.15) is 5.75 Å². The van der Waals surface area contributed by atoms with E-state index in [0.717, 1.165) is 19.3 Å². The summed E-state index contributed by atoms with van der Waals surface area (Å²) in [5, 5.41) is 13.4. The minimum atomic E-state index is -0.501. The van der Waals surface area contributed by atoms with E-state index in [0.29, 0.717) is 23.4 Å². The normalized spacial score (nSPS) is 10.3. The SMILES string of the molecule is CCCCCC(=O)Nc1ccc(C(=O)COc2ccc([N+](=O)[O-])cc2)cc1. The van der Waals surface area contributed by atoms with Crippen LogP contribution in [0.3, 0.4) is 0 Å². The highest BCUT2D eigenvalue weighted by Crippen LogP contribution is 2.18. The smallest absolute Gasteiger partial charge is 0.269 e. The summed E-state index contributed by atoms with van der Waals surface area (Å²) >= 11 is 0. The van der Waals surface area contributed by atoms with Gasteiger partial charge in [-0.1, -0.05) is 19.8 Å². The molecule has 0 aliphatic heterocycles. The third-order valence-electron chi connectivity index (χ3n) is 3.92. The van der Waals surface area contributed by atoms with Crippen LogP contribution >= 0.6 is 0 Å². The molecule has 1 amide bonds. The zero-order chi connectivity index (χ0) is 19.6. The van der Waals surface area contributed by atoms with E-state index in [1.807, 2.05) is 0 Å². The Kier molecular flexibility index (Phi) is 7.49. The lowest BCUT2D eigenvalue weighted by molar-refractivity contribution is -0.384. The second-order valence-electron chi connectivity index (χ2n) is 6.05. The van der Waals surface area contributed by atoms with Gasteiger partial charge in [-0.05, 0) is 42.8 Å². The lowest BCUT2D eigenvalue weighted by Crippen LogP contribution is -2.13. The molecular weight excluding hydrogens is 348 g/mol. The molecule has 0 radical (unpaired) electrons. The quantitative estimate of drug-likeness (QED) is 0.290. The Bertz CT molecular complexity index is 785. The molecule has 2 rings (SSSR count). The highest BCUT2D eigenvalue weighted by Gasteiger charge is 2.09. The Morgan fingerprint density at radius 2 is 1.70 bits per heavy atom. The molecule has 0 atom stereocenters. The van der Waals surface area contributed by atoms with Crippen molar-refractivity contribution in [2.45, 2.75) is 32.6 Å². The molecule has 142 valence electrons. The lowest BCUT2D eigenvalue weighted by atomic mass is 10.1. The van der Waals surface area contributed by atoms with Gasteiger partial charge in [0, 0.05) is 29.8 Å². The summed E-state index contributed by atoms with van der Waals surface area (Å²) in [6.07, 6.45) is 3.43. The predicted octanol–water partition coefficient (Wildman–Crippen LogP) is 4.38. The van der Waals surface area contributed by atoms with Crippen molar-refractivity contribution in [1.29, 1.82) is 0 Å². The van der Waals surface area contributed by atoms with Crippen LogP contribution in [0.4, 0.5) is 11.4 Å². The van der Waals surface area contributed by atoms with E-state index in [1.165, 1.54) is 24.3 Å². The molecule has 0 aliphatic rings. The van der Waals surface area contributed by atoms with Crippen molar-refractivity contribution in [3.8, 4) is 5.75 Å². The van der Waals surface area contributed by atoms with Crippen molar-refractivity contribution in [2.24, 2.45) is 0 Å². The van der Waals surface area contributed by atoms with Gasteiger partial charge in [0.2, 0.25) is 5.91 Å². The van der Waals surface area contributed by atoms with Crippen LogP contribution in [0, 0.1) is 10.1 Å². The molecule has 7 heteroatoms. The van der Waals surface area contributed by atoms with E-state index < -0.39 is 4.92 Å². The van der Waals surface area contributed by atoms with E-state index in [2.05, 4.69) is 12.2 Å². The Hall–Kier alpha value is -3.22. The maximum absolute atomic E-state index is 12.2. The molecule has 0 bridgehead atoms. The molecule has 7 nitrogen and oxygen atoms in total. The van der Waals surface area contributed by atoms with E-state index in [1.54, 1.807) is 24.3 Å². The Morgan fingerprint density at radius 1 is 1.04 bits per heavy atom. The zero-order valence-electron chi connectivity index (χ0n) is 15.1. The van der Waals surface area contributed by atoms with Crippen molar-refractivity contribution < 1.29 is 19.2 Å². The van der Waals surface area contributed by atoms with Gasteiger partial charge in [-0.3, -0.25) is 19.7 Å². The topological polar surface area (TPSA) is 98.5 Å². The molecule has 2 aromatic carbocycles. The maximum atomic E-state index is 12.2. The number of nitro groups is 1. The van der Waals surface area contributed by atoms with Crippen LogP contribution in [0.5, 0.6) is 5.75 Å². The minimum Gasteiger partial charge on any atom is -0.485 e. The number of nitrogens with one attached hydrogen (secondary N) is 1. The fourth-order valence-corrected chi connectivity index (χ4v) is 2.39. The van der Waals surface area contributed by atoms with Crippen LogP contribution in [0.2, 0.25) is 0 Å². The number of ether oxygens (including phenoxy) is 1. The number of ketones is 1. The van der Waals surface area contributed by atoms with Gasteiger partial charge in [0.05, 0.1) is 4.92 Å². The number of benzene rings is 2. The van der Waals surface area contributed by atoms with E-state index >= 15 is 0 Å². The minimum absolute atomic E-state index is 0.0379. The number of non-ortho nitro benzene ring substituents is 1. The number of unbranched alkanes of at least 4 members (excludes halogenated alkanes) is 2. The molecule has 0 heterocycles. The van der Waals surface area contributed by atoms with Crippen LogP contribution < -0.4 is 10.1 Å². The average molecular weight is 370 g/mol. The monoisotopic (exact) mass is 370 g/mol. The Morgan fingerprint density at radius 3 is 2.30 bits per heavy atom. The fraction of sp³-hybridized carbons (Fsp3) is 0.300. The maximum Gasteiger partial charge on any atom is 0.269 e. The third-order valence-corrected chi connectivity index (χ3v) is 3.92. The van der Waals surface area contributed by atoms with Gasteiger partial charge in [-0.15, -0.1) is 0 Å². The first kappa shape index (κ1) is 20.1. The van der Waals surface area contributed by atoms with Crippen LogP contribution in [0.25, 0.3) is 0 Å². The first-order chi connectivity index (χ1) is 13.0. The molecule has 27 heavy (non-hydrogen) atoms. The highest BCUT2D eigenvalue weighted by molar-refractivity contribution is 5.98. The summed E-state index contributed by atoms with van der Waals surface area (Å²) < 4.78 is 5.36. The largest absolute Gasteiger partial charge is 0.485 e. The number of hydrogen-bond acceptors (Lipinski definition) is 5. The van der Waals surface area contributed by atoms with Gasteiger partial charge in [0.15, 0.2) is 12.4 Å². The molecule has 0 aromatic heterocycles. The molecular formula is C20H22N2O5. The van der Waals surface area contributed by atoms with Crippen LogP contribution in [0.15, 0.2) is 48.5 Å². The molecule has 1 N–H and O–H groups in total. The van der Waals surface area contributed by atoms with Crippen LogP contribution in [-0.4, -0.2) is 23.2 Å². The fourth-order valence-electron chi connectivity index (χ4n) is 2.39. The molecule has 0 saturated heterocycles. The Labute approximate surface area is 157 Å². The van der Waals surface area contributed by atoms with Gasteiger partial charge < -0.3 is 10.1 Å². The van der Waals surface area contributed by atoms with Gasteiger partial charge in [-0.25, -0.2) is 0 Å². The number of carbonyl (C=O) groups excluding carboxylic acids is 2. The van der Waals surface area contributed by atoms with Gasteiger partial charge >= 0.3 is 0 Å². The molecule has 0 unspecified atom stereocenters. The lowest BCUT2D eigenvalue weighted by Gasteiger charge is -2.07. The molecule has 0 aliphatic carbocycles. The first-order valence-electron chi connectivity index (χ1n) is 8.80. The van der Waals surface area contributed by atoms with Crippen molar-refractivity contribution in [1.82, 2.24) is 0 Å². The number of amides is 1. The standard InChI is InChI=1S/C20H22N2O5/c1-2-3-4-5-20(24)21-16-8-6-15(7-9-16)19(23)14-27-18-12-10-17(11-13-18)22(25)26/h6-13H,2-5,14H2,1H3,(H,21,24). The van der Waals surface area contributed by atoms with Gasteiger partial charge in [0.25, 0.3) is 5.69 Å². The van der Waals surface area contributed by atoms with Gasteiger partial charge in [-0.2, -0.15) is 0 Å². The summed E-state index contributed by atoms with van der Waals surface area (Å²) in [7, 11) is 0. The first-order valence-corrected chi connectivity index (χ1v) is 8.80. The molecule has 0 fully saturated rings. The highest BCUT2D eigenvalue weighted by atomic mass is 16.6. The summed E-state index contributed by atoms with van der Waals surface area (Å²) in [4.78, 5) is 34.1. The summed E-state index contributed by atoms with van der Waals surface area (Å²) in [5.41, 5.74) is 1.06. The molecule has 2 aromatic rings. The van der Waals surface area contributed by atoms with E-state index in [-0.39, 0.29) is 24.0 Å². The number of carbonyl (C=O) groups is 2. The second kappa shape index (κ2) is 10.1. The summed E-state index contributed by atoms with van der Waals surface area (Å²) in [5.74, 6) is 0.114. The Balaban J connectivity index is 1.84. The summed E-state index contributed by atoms with van der Waals surface area (Å²) in [6.45, 7) is 1.90. The van der Waals surface area contributed by atoms with Crippen molar-refractivity contribution in [3.05, 3.63) is 64.2 Å². The molecule has 0 spiro atoms. The summed E-state index contributed by atoms with van der Waals surface area (Å²) in [6, 6.07) is 12.1. The number of Topliss-reactive ketones (excluding diaryl/α,β-unsaturated/α-hetero) is 1. The zero-order valence-corrected chi connectivity index (χ0v) is 15.1. The van der Waals surface area contributed by atoms with E-state index in [4.69, 9.17) is 4.74 Å². The average Bonchev–Trinajstić information content (AvgIpc) is 2.67. The van der Waals surface area contributed by atoms with E-state index in [9.17, 15) is 19.7 Å².